The maximum atomic E-state index is 9.37. The van der Waals surface area contributed by atoms with Crippen LogP contribution in [0.2, 0.25) is 0 Å². The lowest BCUT2D eigenvalue weighted by Crippen LogP contribution is -2.48. The van der Waals surface area contributed by atoms with Crippen LogP contribution in [0, 0.1) is 5.41 Å². The Labute approximate surface area is 96.4 Å². The Morgan fingerprint density at radius 1 is 1.38 bits per heavy atom. The molecular weight excluding hydrogens is 202 g/mol. The Morgan fingerprint density at radius 2 is 2.06 bits per heavy atom. The molecule has 1 aromatic rings. The number of aliphatic hydroxyl groups excluding tert-OH is 1. The van der Waals surface area contributed by atoms with E-state index in [1.165, 1.54) is 0 Å². The SMILES string of the molecule is CC1(CNC(CO)c2ccccc2)COC1. The molecular formula is C13H19NO2. The van der Waals surface area contributed by atoms with Gasteiger partial charge in [-0.3, -0.25) is 0 Å². The van der Waals surface area contributed by atoms with Crippen LogP contribution in [-0.4, -0.2) is 31.5 Å². The molecule has 0 aliphatic carbocycles. The summed E-state index contributed by atoms with van der Waals surface area (Å²) in [6.07, 6.45) is 0. The van der Waals surface area contributed by atoms with Gasteiger partial charge in [0.2, 0.25) is 0 Å². The van der Waals surface area contributed by atoms with Gasteiger partial charge in [0.1, 0.15) is 0 Å². The second kappa shape index (κ2) is 4.95. The smallest absolute Gasteiger partial charge is 0.0626 e. The van der Waals surface area contributed by atoms with Gasteiger partial charge < -0.3 is 15.2 Å². The molecule has 1 aromatic carbocycles. The number of ether oxygens (including phenoxy) is 1. The second-order valence-corrected chi connectivity index (χ2v) is 4.83. The number of nitrogens with one attached hydrogen (secondary N) is 1. The number of hydrogen-bond acceptors (Lipinski definition) is 3. The number of aliphatic hydroxyl groups is 1. The summed E-state index contributed by atoms with van der Waals surface area (Å²) in [5.74, 6) is 0. The molecule has 1 unspecified atom stereocenters. The molecule has 1 aliphatic rings. The van der Waals surface area contributed by atoms with Crippen LogP contribution in [0.25, 0.3) is 0 Å². The zero-order valence-electron chi connectivity index (χ0n) is 9.65. The lowest BCUT2D eigenvalue weighted by atomic mass is 9.88. The molecule has 1 fully saturated rings. The van der Waals surface area contributed by atoms with Crippen molar-refractivity contribution >= 4 is 0 Å². The van der Waals surface area contributed by atoms with Crippen LogP contribution in [0.4, 0.5) is 0 Å². The van der Waals surface area contributed by atoms with Crippen molar-refractivity contribution in [3.05, 3.63) is 35.9 Å². The molecule has 0 aromatic heterocycles. The molecule has 3 nitrogen and oxygen atoms in total. The van der Waals surface area contributed by atoms with Crippen molar-refractivity contribution in [3.8, 4) is 0 Å². The van der Waals surface area contributed by atoms with E-state index in [0.29, 0.717) is 0 Å². The van der Waals surface area contributed by atoms with E-state index in [1.54, 1.807) is 0 Å². The minimum atomic E-state index is 0.0265. The highest BCUT2D eigenvalue weighted by atomic mass is 16.5. The number of hydrogen-bond donors (Lipinski definition) is 2. The first-order valence-corrected chi connectivity index (χ1v) is 5.70. The molecule has 88 valence electrons. The van der Waals surface area contributed by atoms with Crippen molar-refractivity contribution in [3.63, 3.8) is 0 Å². The minimum absolute atomic E-state index is 0.0265. The monoisotopic (exact) mass is 221 g/mol. The fourth-order valence-corrected chi connectivity index (χ4v) is 1.90. The van der Waals surface area contributed by atoms with Crippen LogP contribution in [0.3, 0.4) is 0 Å². The van der Waals surface area contributed by atoms with Crippen LogP contribution >= 0.6 is 0 Å². The number of rotatable bonds is 5. The zero-order valence-corrected chi connectivity index (χ0v) is 9.65. The second-order valence-electron chi connectivity index (χ2n) is 4.83. The largest absolute Gasteiger partial charge is 0.394 e. The van der Waals surface area contributed by atoms with E-state index < -0.39 is 0 Å². The van der Waals surface area contributed by atoms with E-state index in [-0.39, 0.29) is 18.1 Å². The van der Waals surface area contributed by atoms with E-state index in [1.807, 2.05) is 30.3 Å². The van der Waals surface area contributed by atoms with Crippen molar-refractivity contribution < 1.29 is 9.84 Å². The maximum absolute atomic E-state index is 9.37. The van der Waals surface area contributed by atoms with Gasteiger partial charge >= 0.3 is 0 Å². The van der Waals surface area contributed by atoms with Crippen LogP contribution in [0.1, 0.15) is 18.5 Å². The van der Waals surface area contributed by atoms with Gasteiger partial charge in [-0.1, -0.05) is 37.3 Å². The fourth-order valence-electron chi connectivity index (χ4n) is 1.90. The minimum Gasteiger partial charge on any atom is -0.394 e. The highest BCUT2D eigenvalue weighted by molar-refractivity contribution is 5.18. The molecule has 1 heterocycles. The molecule has 3 heteroatoms. The highest BCUT2D eigenvalue weighted by Crippen LogP contribution is 2.26. The van der Waals surface area contributed by atoms with Gasteiger partial charge in [0.15, 0.2) is 0 Å². The Bertz CT molecular complexity index is 322. The predicted octanol–water partition coefficient (Wildman–Crippen LogP) is 1.35. The van der Waals surface area contributed by atoms with Gasteiger partial charge in [-0.2, -0.15) is 0 Å². The summed E-state index contributed by atoms with van der Waals surface area (Å²) in [5, 5.41) is 12.8. The zero-order chi connectivity index (χ0) is 11.4. The summed E-state index contributed by atoms with van der Waals surface area (Å²) in [6.45, 7) is 4.83. The van der Waals surface area contributed by atoms with Crippen molar-refractivity contribution in [1.82, 2.24) is 5.32 Å². The quantitative estimate of drug-likeness (QED) is 0.788. The molecule has 16 heavy (non-hydrogen) atoms. The van der Waals surface area contributed by atoms with E-state index in [2.05, 4.69) is 12.2 Å². The Kier molecular flexibility index (Phi) is 3.59. The van der Waals surface area contributed by atoms with Crippen molar-refractivity contribution in [1.29, 1.82) is 0 Å². The van der Waals surface area contributed by atoms with Gasteiger partial charge in [-0.05, 0) is 5.56 Å². The van der Waals surface area contributed by atoms with Gasteiger partial charge in [0, 0.05) is 12.0 Å². The first-order chi connectivity index (χ1) is 7.73. The normalized spacial score (nSPS) is 20.1. The average Bonchev–Trinajstić information content (AvgIpc) is 2.29. The topological polar surface area (TPSA) is 41.5 Å². The highest BCUT2D eigenvalue weighted by Gasteiger charge is 2.33. The summed E-state index contributed by atoms with van der Waals surface area (Å²) in [4.78, 5) is 0. The van der Waals surface area contributed by atoms with Gasteiger partial charge in [0.25, 0.3) is 0 Å². The summed E-state index contributed by atoms with van der Waals surface area (Å²) >= 11 is 0. The van der Waals surface area contributed by atoms with Gasteiger partial charge in [-0.15, -0.1) is 0 Å². The van der Waals surface area contributed by atoms with Gasteiger partial charge in [0.05, 0.1) is 25.9 Å². The molecule has 0 bridgehead atoms. The Hall–Kier alpha value is -0.900. The first-order valence-electron chi connectivity index (χ1n) is 5.70. The summed E-state index contributed by atoms with van der Waals surface area (Å²) in [7, 11) is 0. The molecule has 1 atom stereocenters. The van der Waals surface area contributed by atoms with Crippen LogP contribution in [-0.2, 0) is 4.74 Å². The van der Waals surface area contributed by atoms with E-state index in [9.17, 15) is 5.11 Å². The Balaban J connectivity index is 1.91. The standard InChI is InChI=1S/C13H19NO2/c1-13(9-16-10-13)8-14-12(7-15)11-5-3-2-4-6-11/h2-6,12,14-15H,7-10H2,1H3. The third-order valence-corrected chi connectivity index (χ3v) is 3.06. The van der Waals surface area contributed by atoms with Crippen LogP contribution in [0.5, 0.6) is 0 Å². The Morgan fingerprint density at radius 3 is 2.56 bits per heavy atom. The van der Waals surface area contributed by atoms with Gasteiger partial charge in [-0.25, -0.2) is 0 Å². The fraction of sp³-hybridized carbons (Fsp3) is 0.538. The lowest BCUT2D eigenvalue weighted by molar-refractivity contribution is -0.100. The molecule has 0 radical (unpaired) electrons. The molecule has 0 amide bonds. The maximum Gasteiger partial charge on any atom is 0.0626 e. The third-order valence-electron chi connectivity index (χ3n) is 3.06. The number of benzene rings is 1. The van der Waals surface area contributed by atoms with E-state index in [4.69, 9.17) is 4.74 Å². The third kappa shape index (κ3) is 2.61. The molecule has 1 aliphatic heterocycles. The summed E-state index contributed by atoms with van der Waals surface area (Å²) in [5.41, 5.74) is 1.37. The predicted molar refractivity (Wildman–Crippen MR) is 63.2 cm³/mol. The molecule has 2 N–H and O–H groups in total. The summed E-state index contributed by atoms with van der Waals surface area (Å²) < 4.78 is 5.21. The van der Waals surface area contributed by atoms with Crippen molar-refractivity contribution in [2.24, 2.45) is 5.41 Å². The van der Waals surface area contributed by atoms with Crippen molar-refractivity contribution in [2.75, 3.05) is 26.4 Å². The van der Waals surface area contributed by atoms with Crippen LogP contribution in [0.15, 0.2) is 30.3 Å². The first kappa shape index (κ1) is 11.6. The molecule has 1 saturated heterocycles. The van der Waals surface area contributed by atoms with Crippen LogP contribution < -0.4 is 5.32 Å². The molecule has 0 saturated carbocycles. The van der Waals surface area contributed by atoms with E-state index >= 15 is 0 Å². The lowest BCUT2D eigenvalue weighted by Gasteiger charge is -2.39. The van der Waals surface area contributed by atoms with E-state index in [0.717, 1.165) is 25.3 Å². The molecule has 0 spiro atoms. The molecule has 2 rings (SSSR count). The van der Waals surface area contributed by atoms with Crippen molar-refractivity contribution in [2.45, 2.75) is 13.0 Å². The average molecular weight is 221 g/mol. The summed E-state index contributed by atoms with van der Waals surface area (Å²) in [6, 6.07) is 10.1.